The van der Waals surface area contributed by atoms with Crippen LogP contribution in [0.5, 0.6) is 0 Å². The Kier molecular flexibility index (Phi) is 5.96. The van der Waals surface area contributed by atoms with Gasteiger partial charge in [0, 0.05) is 27.7 Å². The molecule has 0 spiro atoms. The minimum Gasteiger partial charge on any atom is -0.457 e. The summed E-state index contributed by atoms with van der Waals surface area (Å²) in [5, 5.41) is 4.77. The second-order valence-corrected chi connectivity index (χ2v) is 8.98. The number of imide groups is 1. The number of hydrogen-bond acceptors (Lipinski definition) is 5. The number of nitrogens with one attached hydrogen (secondary N) is 1. The van der Waals surface area contributed by atoms with Gasteiger partial charge in [0.2, 0.25) is 5.91 Å². The Morgan fingerprint density at radius 2 is 1.74 bits per heavy atom. The smallest absolute Gasteiger partial charge is 0.294 e. The molecule has 3 aromatic carbocycles. The molecule has 168 valence electrons. The Labute approximate surface area is 204 Å². The van der Waals surface area contributed by atoms with E-state index in [1.54, 1.807) is 30.3 Å². The third-order valence-electron chi connectivity index (χ3n) is 5.27. The number of carbonyl (C=O) groups excluding carboxylic acids is 3. The summed E-state index contributed by atoms with van der Waals surface area (Å²) in [5.74, 6) is 0.0442. The van der Waals surface area contributed by atoms with E-state index in [2.05, 4.69) is 5.32 Å². The van der Waals surface area contributed by atoms with Crippen LogP contribution in [0.1, 0.15) is 5.76 Å². The SMILES string of the molecule is O=C(CN1C(=O)S/C(=C/c2ccc(-c3ccc(Cl)cc3)o2)C1=O)Nc1cccc2ccccc12. The molecule has 0 unspecified atom stereocenters. The van der Waals surface area contributed by atoms with Crippen LogP contribution >= 0.6 is 23.4 Å². The van der Waals surface area contributed by atoms with Crippen molar-refractivity contribution in [1.82, 2.24) is 4.90 Å². The maximum absolute atomic E-state index is 12.8. The number of nitrogens with zero attached hydrogens (tertiary/aromatic N) is 1. The third-order valence-corrected chi connectivity index (χ3v) is 6.43. The number of rotatable bonds is 5. The number of carbonyl (C=O) groups is 3. The molecule has 6 nitrogen and oxygen atoms in total. The number of halogens is 1. The van der Waals surface area contributed by atoms with E-state index < -0.39 is 17.1 Å². The number of furan rings is 1. The van der Waals surface area contributed by atoms with Crippen LogP contribution in [0.2, 0.25) is 5.02 Å². The molecule has 3 amide bonds. The lowest BCUT2D eigenvalue weighted by Crippen LogP contribution is -2.36. The molecule has 4 aromatic rings. The fraction of sp³-hybridized carbons (Fsp3) is 0.0385. The molecular formula is C26H17ClN2O4S. The topological polar surface area (TPSA) is 79.6 Å². The first-order valence-corrected chi connectivity index (χ1v) is 11.6. The molecule has 0 bridgehead atoms. The van der Waals surface area contributed by atoms with Gasteiger partial charge in [0.1, 0.15) is 18.1 Å². The zero-order chi connectivity index (χ0) is 23.7. The summed E-state index contributed by atoms with van der Waals surface area (Å²) in [6.45, 7) is -0.376. The number of anilines is 1. The van der Waals surface area contributed by atoms with Crippen LogP contribution in [0.3, 0.4) is 0 Å². The van der Waals surface area contributed by atoms with Gasteiger partial charge in [-0.2, -0.15) is 0 Å². The van der Waals surface area contributed by atoms with Gasteiger partial charge in [-0.25, -0.2) is 0 Å². The van der Waals surface area contributed by atoms with Crippen LogP contribution in [0.4, 0.5) is 10.5 Å². The van der Waals surface area contributed by atoms with Crippen molar-refractivity contribution in [3.05, 3.63) is 94.6 Å². The Balaban J connectivity index is 1.29. The third kappa shape index (κ3) is 4.48. The largest absolute Gasteiger partial charge is 0.457 e. The second kappa shape index (κ2) is 9.21. The minimum atomic E-state index is -0.535. The van der Waals surface area contributed by atoms with Crippen LogP contribution in [-0.4, -0.2) is 28.5 Å². The van der Waals surface area contributed by atoms with E-state index in [0.717, 1.165) is 33.0 Å². The molecule has 0 aliphatic carbocycles. The maximum atomic E-state index is 12.8. The fourth-order valence-electron chi connectivity index (χ4n) is 3.63. The number of hydrogen-bond donors (Lipinski definition) is 1. The van der Waals surface area contributed by atoms with Crippen molar-refractivity contribution in [1.29, 1.82) is 0 Å². The molecule has 0 saturated carbocycles. The van der Waals surface area contributed by atoms with Gasteiger partial charge in [0.15, 0.2) is 0 Å². The van der Waals surface area contributed by atoms with Crippen molar-refractivity contribution in [2.75, 3.05) is 11.9 Å². The van der Waals surface area contributed by atoms with Gasteiger partial charge in [-0.15, -0.1) is 0 Å². The predicted molar refractivity (Wildman–Crippen MR) is 134 cm³/mol. The summed E-state index contributed by atoms with van der Waals surface area (Å²) >= 11 is 6.70. The first-order chi connectivity index (χ1) is 16.5. The lowest BCUT2D eigenvalue weighted by atomic mass is 10.1. The average Bonchev–Trinajstić information content (AvgIpc) is 3.40. The maximum Gasteiger partial charge on any atom is 0.294 e. The summed E-state index contributed by atoms with van der Waals surface area (Å²) in [7, 11) is 0. The molecule has 5 rings (SSSR count). The molecule has 34 heavy (non-hydrogen) atoms. The Morgan fingerprint density at radius 3 is 2.56 bits per heavy atom. The van der Waals surface area contributed by atoms with Crippen LogP contribution in [0, 0.1) is 0 Å². The van der Waals surface area contributed by atoms with Gasteiger partial charge in [-0.3, -0.25) is 19.3 Å². The van der Waals surface area contributed by atoms with E-state index in [-0.39, 0.29) is 11.4 Å². The molecule has 0 radical (unpaired) electrons. The van der Waals surface area contributed by atoms with Crippen LogP contribution in [-0.2, 0) is 9.59 Å². The summed E-state index contributed by atoms with van der Waals surface area (Å²) < 4.78 is 5.80. The molecule has 1 aliphatic rings. The highest BCUT2D eigenvalue weighted by atomic mass is 35.5. The molecule has 1 aromatic heterocycles. The number of amides is 3. The van der Waals surface area contributed by atoms with Crippen LogP contribution in [0.25, 0.3) is 28.2 Å². The first-order valence-electron chi connectivity index (χ1n) is 10.4. The standard InChI is InChI=1S/C26H17ClN2O4S/c27-18-10-8-17(9-11-18)22-13-12-19(33-22)14-23-25(31)29(26(32)34-23)15-24(30)28-21-7-3-5-16-4-1-2-6-20(16)21/h1-14H,15H2,(H,28,30)/b23-14+. The number of thioether (sulfide) groups is 1. The lowest BCUT2D eigenvalue weighted by molar-refractivity contribution is -0.127. The number of benzene rings is 3. The normalized spacial score (nSPS) is 14.9. The number of fused-ring (bicyclic) bond motifs is 1. The molecule has 1 fully saturated rings. The Bertz CT molecular complexity index is 1450. The van der Waals surface area contributed by atoms with Gasteiger partial charge in [-0.05, 0) is 59.6 Å². The van der Waals surface area contributed by atoms with Gasteiger partial charge in [0.05, 0.1) is 4.91 Å². The molecule has 8 heteroatoms. The molecule has 0 atom stereocenters. The average molecular weight is 489 g/mol. The van der Waals surface area contributed by atoms with Crippen LogP contribution in [0.15, 0.2) is 88.2 Å². The molecule has 1 saturated heterocycles. The first kappa shape index (κ1) is 22.0. The van der Waals surface area contributed by atoms with Crippen LogP contribution < -0.4 is 5.32 Å². The Hall–Kier alpha value is -3.81. The molecule has 1 aliphatic heterocycles. The van der Waals surface area contributed by atoms with Gasteiger partial charge < -0.3 is 9.73 Å². The zero-order valence-corrected chi connectivity index (χ0v) is 19.2. The van der Waals surface area contributed by atoms with E-state index in [0.29, 0.717) is 22.2 Å². The summed E-state index contributed by atoms with van der Waals surface area (Å²) in [6.07, 6.45) is 1.51. The summed E-state index contributed by atoms with van der Waals surface area (Å²) in [5.41, 5.74) is 1.46. The highest BCUT2D eigenvalue weighted by Gasteiger charge is 2.36. The van der Waals surface area contributed by atoms with Gasteiger partial charge >= 0.3 is 0 Å². The minimum absolute atomic E-state index is 0.194. The monoisotopic (exact) mass is 488 g/mol. The quantitative estimate of drug-likeness (QED) is 0.327. The molecular weight excluding hydrogens is 472 g/mol. The van der Waals surface area contributed by atoms with Gasteiger partial charge in [0.25, 0.3) is 11.1 Å². The van der Waals surface area contributed by atoms with Gasteiger partial charge in [-0.1, -0.05) is 48.0 Å². The van der Waals surface area contributed by atoms with Crippen molar-refractivity contribution in [3.63, 3.8) is 0 Å². The summed E-state index contributed by atoms with van der Waals surface area (Å²) in [4.78, 5) is 39.0. The highest BCUT2D eigenvalue weighted by Crippen LogP contribution is 2.33. The van der Waals surface area contributed by atoms with E-state index in [9.17, 15) is 14.4 Å². The van der Waals surface area contributed by atoms with Crippen molar-refractivity contribution in [2.24, 2.45) is 0 Å². The fourth-order valence-corrected chi connectivity index (χ4v) is 4.58. The van der Waals surface area contributed by atoms with Crippen molar-refractivity contribution >= 4 is 63.0 Å². The van der Waals surface area contributed by atoms with E-state index >= 15 is 0 Å². The van der Waals surface area contributed by atoms with Crippen molar-refractivity contribution in [3.8, 4) is 11.3 Å². The second-order valence-electron chi connectivity index (χ2n) is 7.55. The lowest BCUT2D eigenvalue weighted by Gasteiger charge is -2.13. The molecule has 2 heterocycles. The van der Waals surface area contributed by atoms with E-state index in [1.165, 1.54) is 6.08 Å². The van der Waals surface area contributed by atoms with E-state index in [1.807, 2.05) is 48.5 Å². The van der Waals surface area contributed by atoms with E-state index in [4.69, 9.17) is 16.0 Å². The van der Waals surface area contributed by atoms with Crippen molar-refractivity contribution < 1.29 is 18.8 Å². The predicted octanol–water partition coefficient (Wildman–Crippen LogP) is 6.43. The Morgan fingerprint density at radius 1 is 0.971 bits per heavy atom. The zero-order valence-electron chi connectivity index (χ0n) is 17.7. The molecule has 1 N–H and O–H groups in total. The summed E-state index contributed by atoms with van der Waals surface area (Å²) in [6, 6.07) is 23.9. The highest BCUT2D eigenvalue weighted by molar-refractivity contribution is 8.18. The van der Waals surface area contributed by atoms with Crippen molar-refractivity contribution in [2.45, 2.75) is 0 Å².